The van der Waals surface area contributed by atoms with Crippen LogP contribution in [0.1, 0.15) is 39.9 Å². The Hall–Kier alpha value is -1.78. The number of piperidine rings is 1. The zero-order valence-electron chi connectivity index (χ0n) is 16.6. The zero-order valence-corrected chi connectivity index (χ0v) is 17.4. The molecule has 1 N–H and O–H groups in total. The molecule has 0 aromatic heterocycles. The predicted octanol–water partition coefficient (Wildman–Crippen LogP) is 4.67. The Kier molecular flexibility index (Phi) is 6.97. The first-order chi connectivity index (χ1) is 13.1. The Balaban J connectivity index is 1.47. The fraction of sp³-hybridized carbons (Fsp3) is 0.435. The quantitative estimate of drug-likeness (QED) is 0.737. The summed E-state index contributed by atoms with van der Waals surface area (Å²) in [6.45, 7) is 8.04. The highest BCUT2D eigenvalue weighted by Gasteiger charge is 2.21. The average Bonchev–Trinajstić information content (AvgIpc) is 2.69. The third kappa shape index (κ3) is 5.36. The minimum Gasteiger partial charge on any atom is -0.352 e. The predicted molar refractivity (Wildman–Crippen MR) is 114 cm³/mol. The molecule has 2 aromatic carbocycles. The fourth-order valence-corrected chi connectivity index (χ4v) is 4.35. The van der Waals surface area contributed by atoms with Crippen molar-refractivity contribution in [3.63, 3.8) is 0 Å². The SMILES string of the molecule is CSc1ccccc1CN1CCC(CNC(=O)c2cc(C)ccc2C)CC1. The minimum absolute atomic E-state index is 0.0625. The third-order valence-corrected chi connectivity index (χ3v) is 6.32. The van der Waals surface area contributed by atoms with Crippen molar-refractivity contribution in [2.75, 3.05) is 25.9 Å². The molecule has 3 rings (SSSR count). The standard InChI is InChI=1S/C23H30N2OS/c1-17-8-9-18(2)21(14-17)23(26)24-15-19-10-12-25(13-11-19)16-20-6-4-5-7-22(20)27-3/h4-9,14,19H,10-13,15-16H2,1-3H3,(H,24,26). The van der Waals surface area contributed by atoms with Crippen LogP contribution >= 0.6 is 11.8 Å². The van der Waals surface area contributed by atoms with E-state index in [0.717, 1.165) is 55.7 Å². The minimum atomic E-state index is 0.0625. The van der Waals surface area contributed by atoms with Gasteiger partial charge in [0, 0.05) is 23.5 Å². The van der Waals surface area contributed by atoms with E-state index in [0.29, 0.717) is 5.92 Å². The highest BCUT2D eigenvalue weighted by molar-refractivity contribution is 7.98. The van der Waals surface area contributed by atoms with E-state index in [1.54, 1.807) is 0 Å². The molecule has 0 aliphatic carbocycles. The molecule has 3 nitrogen and oxygen atoms in total. The Bertz CT molecular complexity index is 782. The normalized spacial score (nSPS) is 15.7. The van der Waals surface area contributed by atoms with Crippen molar-refractivity contribution in [1.29, 1.82) is 0 Å². The topological polar surface area (TPSA) is 32.3 Å². The molecule has 1 saturated heterocycles. The number of likely N-dealkylation sites (tertiary alicyclic amines) is 1. The summed E-state index contributed by atoms with van der Waals surface area (Å²) in [5, 5.41) is 3.16. The maximum Gasteiger partial charge on any atom is 0.251 e. The van der Waals surface area contributed by atoms with Crippen LogP contribution in [-0.4, -0.2) is 36.7 Å². The number of amides is 1. The van der Waals surface area contributed by atoms with Gasteiger partial charge in [0.2, 0.25) is 0 Å². The molecule has 1 amide bonds. The van der Waals surface area contributed by atoms with Gasteiger partial charge in [0.05, 0.1) is 0 Å². The van der Waals surface area contributed by atoms with E-state index in [4.69, 9.17) is 0 Å². The molecule has 0 unspecified atom stereocenters. The average molecular weight is 383 g/mol. The monoisotopic (exact) mass is 382 g/mol. The van der Waals surface area contributed by atoms with Crippen LogP contribution < -0.4 is 5.32 Å². The Morgan fingerprint density at radius 3 is 2.63 bits per heavy atom. The van der Waals surface area contributed by atoms with Crippen molar-refractivity contribution in [3.05, 3.63) is 64.7 Å². The van der Waals surface area contributed by atoms with Gasteiger partial charge in [-0.1, -0.05) is 35.9 Å². The summed E-state index contributed by atoms with van der Waals surface area (Å²) in [5.74, 6) is 0.638. The maximum atomic E-state index is 12.5. The molecule has 1 fully saturated rings. The van der Waals surface area contributed by atoms with Gasteiger partial charge in [0.15, 0.2) is 0 Å². The van der Waals surface area contributed by atoms with Crippen LogP contribution in [0.15, 0.2) is 47.4 Å². The molecule has 27 heavy (non-hydrogen) atoms. The van der Waals surface area contributed by atoms with Gasteiger partial charge in [0.25, 0.3) is 5.91 Å². The van der Waals surface area contributed by atoms with Gasteiger partial charge < -0.3 is 5.32 Å². The number of rotatable bonds is 6. The smallest absolute Gasteiger partial charge is 0.251 e. The first-order valence-corrected chi connectivity index (χ1v) is 11.0. The summed E-state index contributed by atoms with van der Waals surface area (Å²) < 4.78 is 0. The molecule has 0 radical (unpaired) electrons. The van der Waals surface area contributed by atoms with Crippen LogP contribution in [0, 0.1) is 19.8 Å². The van der Waals surface area contributed by atoms with Crippen molar-refractivity contribution in [3.8, 4) is 0 Å². The molecule has 144 valence electrons. The lowest BCUT2D eigenvalue weighted by Gasteiger charge is -2.32. The van der Waals surface area contributed by atoms with E-state index in [2.05, 4.69) is 46.8 Å². The van der Waals surface area contributed by atoms with Crippen molar-refractivity contribution in [2.45, 2.75) is 38.1 Å². The molecule has 0 bridgehead atoms. The van der Waals surface area contributed by atoms with Crippen LogP contribution in [0.25, 0.3) is 0 Å². The van der Waals surface area contributed by atoms with E-state index in [1.165, 1.54) is 10.5 Å². The maximum absolute atomic E-state index is 12.5. The Labute approximate surface area is 167 Å². The van der Waals surface area contributed by atoms with Crippen LogP contribution in [0.4, 0.5) is 0 Å². The number of thioether (sulfide) groups is 1. The zero-order chi connectivity index (χ0) is 19.2. The number of nitrogens with one attached hydrogen (secondary N) is 1. The lowest BCUT2D eigenvalue weighted by atomic mass is 9.96. The number of carbonyl (C=O) groups is 1. The van der Waals surface area contributed by atoms with Gasteiger partial charge in [-0.3, -0.25) is 9.69 Å². The van der Waals surface area contributed by atoms with Gasteiger partial charge in [-0.05, 0) is 75.2 Å². The van der Waals surface area contributed by atoms with E-state index in [1.807, 2.05) is 37.7 Å². The Morgan fingerprint density at radius 1 is 1.15 bits per heavy atom. The van der Waals surface area contributed by atoms with Crippen molar-refractivity contribution in [1.82, 2.24) is 10.2 Å². The van der Waals surface area contributed by atoms with Crippen molar-refractivity contribution < 1.29 is 4.79 Å². The van der Waals surface area contributed by atoms with Gasteiger partial charge in [-0.2, -0.15) is 0 Å². The number of nitrogens with zero attached hydrogens (tertiary/aromatic N) is 1. The number of benzene rings is 2. The summed E-state index contributed by atoms with van der Waals surface area (Å²) in [5.41, 5.74) is 4.40. The third-order valence-electron chi connectivity index (χ3n) is 5.48. The second-order valence-corrected chi connectivity index (χ2v) is 8.41. The number of carbonyl (C=O) groups excluding carboxylic acids is 1. The fourth-order valence-electron chi connectivity index (χ4n) is 3.74. The molecule has 0 spiro atoms. The molecular formula is C23H30N2OS. The molecule has 4 heteroatoms. The summed E-state index contributed by atoms with van der Waals surface area (Å²) in [6.07, 6.45) is 4.44. The molecular weight excluding hydrogens is 352 g/mol. The van der Waals surface area contributed by atoms with Gasteiger partial charge >= 0.3 is 0 Å². The Morgan fingerprint density at radius 2 is 1.89 bits per heavy atom. The summed E-state index contributed by atoms with van der Waals surface area (Å²) >= 11 is 1.82. The van der Waals surface area contributed by atoms with E-state index < -0.39 is 0 Å². The van der Waals surface area contributed by atoms with Crippen molar-refractivity contribution in [2.24, 2.45) is 5.92 Å². The van der Waals surface area contributed by atoms with Gasteiger partial charge in [-0.25, -0.2) is 0 Å². The van der Waals surface area contributed by atoms with E-state index in [-0.39, 0.29) is 5.91 Å². The molecule has 1 heterocycles. The second kappa shape index (κ2) is 9.43. The van der Waals surface area contributed by atoms with Crippen LogP contribution in [0.3, 0.4) is 0 Å². The first kappa shape index (κ1) is 20.0. The number of aryl methyl sites for hydroxylation is 2. The summed E-state index contributed by atoms with van der Waals surface area (Å²) in [6, 6.07) is 14.7. The molecule has 1 aliphatic heterocycles. The molecule has 0 saturated carbocycles. The number of hydrogen-bond acceptors (Lipinski definition) is 3. The van der Waals surface area contributed by atoms with E-state index in [9.17, 15) is 4.79 Å². The highest BCUT2D eigenvalue weighted by atomic mass is 32.2. The van der Waals surface area contributed by atoms with Gasteiger partial charge in [0.1, 0.15) is 0 Å². The van der Waals surface area contributed by atoms with Crippen molar-refractivity contribution >= 4 is 17.7 Å². The van der Waals surface area contributed by atoms with Crippen LogP contribution in [-0.2, 0) is 6.54 Å². The largest absolute Gasteiger partial charge is 0.352 e. The van der Waals surface area contributed by atoms with E-state index >= 15 is 0 Å². The summed E-state index contributed by atoms with van der Waals surface area (Å²) in [7, 11) is 0. The highest BCUT2D eigenvalue weighted by Crippen LogP contribution is 2.24. The second-order valence-electron chi connectivity index (χ2n) is 7.56. The molecule has 1 aliphatic rings. The summed E-state index contributed by atoms with van der Waals surface area (Å²) in [4.78, 5) is 16.4. The lowest BCUT2D eigenvalue weighted by molar-refractivity contribution is 0.0934. The van der Waals surface area contributed by atoms with Crippen LogP contribution in [0.2, 0.25) is 0 Å². The van der Waals surface area contributed by atoms with Gasteiger partial charge in [-0.15, -0.1) is 11.8 Å². The van der Waals surface area contributed by atoms with Crippen LogP contribution in [0.5, 0.6) is 0 Å². The first-order valence-electron chi connectivity index (χ1n) is 9.76. The lowest BCUT2D eigenvalue weighted by Crippen LogP contribution is -2.38. The number of hydrogen-bond donors (Lipinski definition) is 1. The molecule has 2 aromatic rings. The molecule has 0 atom stereocenters.